The molecule has 0 atom stereocenters. The number of hydrogen-bond acceptors (Lipinski definition) is 2. The number of ketones is 1. The third-order valence-electron chi connectivity index (χ3n) is 2.38. The molecule has 1 aromatic carbocycles. The largest absolute Gasteiger partial charge is 0.493 e. The molecule has 0 unspecified atom stereocenters. The van der Waals surface area contributed by atoms with Gasteiger partial charge in [-0.1, -0.05) is 6.92 Å². The SMILES string of the molecule is CCCC(=O)c1cc(C(F)(F)F)ccc1OCC. The highest BCUT2D eigenvalue weighted by atomic mass is 19.4. The molecule has 0 aliphatic rings. The zero-order valence-electron chi connectivity index (χ0n) is 10.3. The van der Waals surface area contributed by atoms with Gasteiger partial charge in [-0.25, -0.2) is 0 Å². The average molecular weight is 260 g/mol. The van der Waals surface area contributed by atoms with Crippen LogP contribution in [0.25, 0.3) is 0 Å². The van der Waals surface area contributed by atoms with Crippen molar-refractivity contribution in [3.8, 4) is 5.75 Å². The fourth-order valence-electron chi connectivity index (χ4n) is 1.57. The number of carbonyl (C=O) groups is 1. The maximum Gasteiger partial charge on any atom is 0.416 e. The maximum absolute atomic E-state index is 12.6. The first-order valence-electron chi connectivity index (χ1n) is 5.77. The van der Waals surface area contributed by atoms with Crippen molar-refractivity contribution in [3.05, 3.63) is 29.3 Å². The lowest BCUT2D eigenvalue weighted by Crippen LogP contribution is -2.09. The molecule has 0 amide bonds. The smallest absolute Gasteiger partial charge is 0.416 e. The lowest BCUT2D eigenvalue weighted by Gasteiger charge is -2.12. The molecule has 18 heavy (non-hydrogen) atoms. The molecule has 0 fully saturated rings. The van der Waals surface area contributed by atoms with Gasteiger partial charge in [0.1, 0.15) is 5.75 Å². The van der Waals surface area contributed by atoms with E-state index in [1.807, 2.05) is 0 Å². The molecule has 0 N–H and O–H groups in total. The van der Waals surface area contributed by atoms with E-state index in [9.17, 15) is 18.0 Å². The van der Waals surface area contributed by atoms with Crippen LogP contribution in [0, 0.1) is 0 Å². The van der Waals surface area contributed by atoms with E-state index < -0.39 is 11.7 Å². The second-order valence-electron chi connectivity index (χ2n) is 3.81. The minimum absolute atomic E-state index is 0.00789. The standard InChI is InChI=1S/C13H15F3O2/c1-3-5-11(17)10-8-9(13(14,15)16)6-7-12(10)18-4-2/h6-8H,3-5H2,1-2H3. The van der Waals surface area contributed by atoms with Gasteiger partial charge in [0.25, 0.3) is 0 Å². The van der Waals surface area contributed by atoms with Gasteiger partial charge in [0, 0.05) is 6.42 Å². The van der Waals surface area contributed by atoms with Gasteiger partial charge in [0.05, 0.1) is 17.7 Å². The summed E-state index contributed by atoms with van der Waals surface area (Å²) in [6, 6.07) is 2.99. The van der Waals surface area contributed by atoms with Crippen molar-refractivity contribution in [3.63, 3.8) is 0 Å². The molecule has 1 rings (SSSR count). The van der Waals surface area contributed by atoms with E-state index in [0.29, 0.717) is 13.0 Å². The number of halogens is 3. The maximum atomic E-state index is 12.6. The summed E-state index contributed by atoms with van der Waals surface area (Å²) in [6.07, 6.45) is -3.66. The van der Waals surface area contributed by atoms with Crippen molar-refractivity contribution in [1.29, 1.82) is 0 Å². The Morgan fingerprint density at radius 3 is 2.44 bits per heavy atom. The molecule has 0 radical (unpaired) electrons. The van der Waals surface area contributed by atoms with Gasteiger partial charge in [0.2, 0.25) is 0 Å². The predicted octanol–water partition coefficient (Wildman–Crippen LogP) is 4.09. The van der Waals surface area contributed by atoms with Gasteiger partial charge in [-0.3, -0.25) is 4.79 Å². The fourth-order valence-corrected chi connectivity index (χ4v) is 1.57. The van der Waals surface area contributed by atoms with E-state index in [4.69, 9.17) is 4.74 Å². The Morgan fingerprint density at radius 1 is 1.28 bits per heavy atom. The normalized spacial score (nSPS) is 11.4. The lowest BCUT2D eigenvalue weighted by molar-refractivity contribution is -0.137. The summed E-state index contributed by atoms with van der Waals surface area (Å²) in [4.78, 5) is 11.8. The Bertz CT molecular complexity index is 425. The summed E-state index contributed by atoms with van der Waals surface area (Å²) in [6.45, 7) is 3.81. The molecule has 5 heteroatoms. The molecule has 0 bridgehead atoms. The predicted molar refractivity (Wildman–Crippen MR) is 61.9 cm³/mol. The monoisotopic (exact) mass is 260 g/mol. The van der Waals surface area contributed by atoms with Crippen molar-refractivity contribution in [2.24, 2.45) is 0 Å². The molecule has 1 aromatic rings. The molecule has 0 spiro atoms. The topological polar surface area (TPSA) is 26.3 Å². The van der Waals surface area contributed by atoms with E-state index in [-0.39, 0.29) is 23.5 Å². The van der Waals surface area contributed by atoms with Gasteiger partial charge < -0.3 is 4.74 Å². The van der Waals surface area contributed by atoms with Crippen LogP contribution in [0.15, 0.2) is 18.2 Å². The Kier molecular flexibility index (Phi) is 4.76. The number of alkyl halides is 3. The third-order valence-corrected chi connectivity index (χ3v) is 2.38. The summed E-state index contributed by atoms with van der Waals surface area (Å²) in [5, 5.41) is 0. The summed E-state index contributed by atoms with van der Waals surface area (Å²) in [5.74, 6) is -0.115. The number of rotatable bonds is 5. The summed E-state index contributed by atoms with van der Waals surface area (Å²) < 4.78 is 42.9. The van der Waals surface area contributed by atoms with Crippen molar-refractivity contribution in [2.45, 2.75) is 32.9 Å². The highest BCUT2D eigenvalue weighted by Crippen LogP contribution is 2.33. The van der Waals surface area contributed by atoms with E-state index in [2.05, 4.69) is 0 Å². The van der Waals surface area contributed by atoms with Crippen molar-refractivity contribution in [2.75, 3.05) is 6.61 Å². The second-order valence-corrected chi connectivity index (χ2v) is 3.81. The first-order chi connectivity index (χ1) is 8.40. The molecule has 100 valence electrons. The Hall–Kier alpha value is -1.52. The minimum atomic E-state index is -4.45. The second kappa shape index (κ2) is 5.89. The van der Waals surface area contributed by atoms with Crippen molar-refractivity contribution in [1.82, 2.24) is 0 Å². The van der Waals surface area contributed by atoms with Crippen LogP contribution in [0.3, 0.4) is 0 Å². The Balaban J connectivity index is 3.19. The number of Topliss-reactive ketones (excluding diaryl/α,β-unsaturated/α-hetero) is 1. The highest BCUT2D eigenvalue weighted by Gasteiger charge is 2.31. The quantitative estimate of drug-likeness (QED) is 0.745. The molecular formula is C13H15F3O2. The van der Waals surface area contributed by atoms with Gasteiger partial charge in [0.15, 0.2) is 5.78 Å². The van der Waals surface area contributed by atoms with Crippen LogP contribution in [-0.4, -0.2) is 12.4 Å². The zero-order valence-corrected chi connectivity index (χ0v) is 10.3. The van der Waals surface area contributed by atoms with Crippen LogP contribution in [0.2, 0.25) is 0 Å². The molecule has 0 saturated heterocycles. The number of hydrogen-bond donors (Lipinski definition) is 0. The van der Waals surface area contributed by atoms with Crippen molar-refractivity contribution < 1.29 is 22.7 Å². The molecule has 2 nitrogen and oxygen atoms in total. The average Bonchev–Trinajstić information content (AvgIpc) is 2.28. The van der Waals surface area contributed by atoms with Crippen LogP contribution in [0.4, 0.5) is 13.2 Å². The van der Waals surface area contributed by atoms with Gasteiger partial charge in [-0.05, 0) is 31.5 Å². The fraction of sp³-hybridized carbons (Fsp3) is 0.462. The van der Waals surface area contributed by atoms with Crippen LogP contribution in [0.1, 0.15) is 42.6 Å². The molecule has 0 aliphatic carbocycles. The Labute approximate surface area is 104 Å². The van der Waals surface area contributed by atoms with Crippen LogP contribution in [0.5, 0.6) is 5.75 Å². The van der Waals surface area contributed by atoms with E-state index in [1.165, 1.54) is 6.07 Å². The number of benzene rings is 1. The minimum Gasteiger partial charge on any atom is -0.493 e. The molecular weight excluding hydrogens is 245 g/mol. The highest BCUT2D eigenvalue weighted by molar-refractivity contribution is 5.98. The molecule has 0 heterocycles. The van der Waals surface area contributed by atoms with E-state index in [1.54, 1.807) is 13.8 Å². The molecule has 0 aliphatic heterocycles. The molecule has 0 saturated carbocycles. The van der Waals surface area contributed by atoms with Crippen LogP contribution in [-0.2, 0) is 6.18 Å². The van der Waals surface area contributed by atoms with Gasteiger partial charge in [-0.2, -0.15) is 13.2 Å². The van der Waals surface area contributed by atoms with Gasteiger partial charge >= 0.3 is 6.18 Å². The zero-order chi connectivity index (χ0) is 13.8. The molecule has 0 aromatic heterocycles. The summed E-state index contributed by atoms with van der Waals surface area (Å²) >= 11 is 0. The van der Waals surface area contributed by atoms with E-state index >= 15 is 0 Å². The Morgan fingerprint density at radius 2 is 1.94 bits per heavy atom. The first-order valence-corrected chi connectivity index (χ1v) is 5.77. The summed E-state index contributed by atoms with van der Waals surface area (Å²) in [5.41, 5.74) is -0.820. The number of ether oxygens (including phenoxy) is 1. The van der Waals surface area contributed by atoms with E-state index in [0.717, 1.165) is 12.1 Å². The lowest BCUT2D eigenvalue weighted by atomic mass is 10.0. The third kappa shape index (κ3) is 3.48. The van der Waals surface area contributed by atoms with Gasteiger partial charge in [-0.15, -0.1) is 0 Å². The van der Waals surface area contributed by atoms with Crippen molar-refractivity contribution >= 4 is 5.78 Å². The number of carbonyl (C=O) groups excluding carboxylic acids is 1. The summed E-state index contributed by atoms with van der Waals surface area (Å²) in [7, 11) is 0. The first kappa shape index (κ1) is 14.5. The van der Waals surface area contributed by atoms with Crippen LogP contribution >= 0.6 is 0 Å². The van der Waals surface area contributed by atoms with Crippen LogP contribution < -0.4 is 4.74 Å².